The van der Waals surface area contributed by atoms with Crippen molar-refractivity contribution < 1.29 is 18.0 Å². The highest BCUT2D eigenvalue weighted by Gasteiger charge is 2.05. The smallest absolute Gasteiger partial charge is 0.324 e. The molecule has 0 aliphatic carbocycles. The second-order valence-electron chi connectivity index (χ2n) is 2.22. The Morgan fingerprint density at radius 1 is 1.55 bits per heavy atom. The summed E-state index contributed by atoms with van der Waals surface area (Å²) in [6, 6.07) is 0. The first-order valence-electron chi connectivity index (χ1n) is 3.03. The third-order valence-electron chi connectivity index (χ3n) is 1.03. The van der Waals surface area contributed by atoms with Crippen LogP contribution in [0.15, 0.2) is 0 Å². The second-order valence-corrected chi connectivity index (χ2v) is 4.48. The van der Waals surface area contributed by atoms with Gasteiger partial charge in [0, 0.05) is 12.7 Å². The van der Waals surface area contributed by atoms with Gasteiger partial charge in [-0.3, -0.25) is 4.79 Å². The van der Waals surface area contributed by atoms with E-state index in [9.17, 15) is 13.2 Å². The molecule has 0 rings (SSSR count). The van der Waals surface area contributed by atoms with E-state index in [2.05, 4.69) is 10.7 Å². The molecule has 5 nitrogen and oxygen atoms in total. The normalized spacial score (nSPS) is 11.1. The quantitative estimate of drug-likeness (QED) is 0.575. The van der Waals surface area contributed by atoms with Crippen LogP contribution in [0, 0.1) is 0 Å². The van der Waals surface area contributed by atoms with E-state index >= 15 is 0 Å². The van der Waals surface area contributed by atoms with Gasteiger partial charge >= 0.3 is 5.97 Å². The van der Waals surface area contributed by atoms with Crippen molar-refractivity contribution in [3.8, 4) is 0 Å². The first kappa shape index (κ1) is 10.4. The number of hydrogen-bond donors (Lipinski definition) is 1. The number of nitrogens with two attached hydrogens (primary N) is 1. The van der Waals surface area contributed by atoms with Crippen molar-refractivity contribution in [2.45, 2.75) is 12.8 Å². The molecule has 0 aliphatic rings. The lowest BCUT2D eigenvalue weighted by atomic mass is 10.3. The molecule has 0 fully saturated rings. The summed E-state index contributed by atoms with van der Waals surface area (Å²) in [6.07, 6.45) is 1.42. The summed E-state index contributed by atoms with van der Waals surface area (Å²) in [4.78, 5) is 14.2. The lowest BCUT2D eigenvalue weighted by Crippen LogP contribution is -2.11. The first-order valence-corrected chi connectivity index (χ1v) is 5.09. The predicted molar refractivity (Wildman–Crippen MR) is 39.2 cm³/mol. The van der Waals surface area contributed by atoms with Crippen molar-refractivity contribution in [2.75, 3.05) is 12.0 Å². The lowest BCUT2D eigenvalue weighted by molar-refractivity contribution is -0.144. The molecule has 0 saturated carbocycles. The van der Waals surface area contributed by atoms with Crippen molar-refractivity contribution >= 4 is 15.8 Å². The summed E-state index contributed by atoms with van der Waals surface area (Å²) in [5.74, 6) is 3.92. The number of sulfone groups is 1. The van der Waals surface area contributed by atoms with Crippen LogP contribution in [0.25, 0.3) is 0 Å². The van der Waals surface area contributed by atoms with E-state index in [1.165, 1.54) is 0 Å². The molecular formula is C5H11NO4S. The van der Waals surface area contributed by atoms with E-state index < -0.39 is 15.8 Å². The Bertz CT molecular complexity index is 221. The zero-order chi connectivity index (χ0) is 8.91. The summed E-state index contributed by atoms with van der Waals surface area (Å²) in [6.45, 7) is 0. The maximum Gasteiger partial charge on any atom is 0.324 e. The van der Waals surface area contributed by atoms with Gasteiger partial charge in [0.2, 0.25) is 0 Å². The van der Waals surface area contributed by atoms with Crippen molar-refractivity contribution in [1.82, 2.24) is 0 Å². The molecule has 0 unspecified atom stereocenters. The Morgan fingerprint density at radius 3 is 2.45 bits per heavy atom. The van der Waals surface area contributed by atoms with Gasteiger partial charge in [-0.1, -0.05) is 0 Å². The minimum atomic E-state index is -2.98. The summed E-state index contributed by atoms with van der Waals surface area (Å²) < 4.78 is 21.0. The van der Waals surface area contributed by atoms with Crippen LogP contribution in [-0.2, 0) is 19.5 Å². The molecule has 0 bridgehead atoms. The molecule has 6 heteroatoms. The molecule has 2 N–H and O–H groups in total. The molecule has 0 aromatic heterocycles. The summed E-state index contributed by atoms with van der Waals surface area (Å²) in [5, 5.41) is 0. The van der Waals surface area contributed by atoms with Crippen molar-refractivity contribution in [3.63, 3.8) is 0 Å². The highest BCUT2D eigenvalue weighted by molar-refractivity contribution is 7.90. The van der Waals surface area contributed by atoms with Crippen LogP contribution in [0.3, 0.4) is 0 Å². The number of carbonyl (C=O) groups is 1. The van der Waals surface area contributed by atoms with Gasteiger partial charge in [-0.25, -0.2) is 8.42 Å². The molecule has 0 aromatic rings. The van der Waals surface area contributed by atoms with E-state index in [0.29, 0.717) is 0 Å². The predicted octanol–water partition coefficient (Wildman–Crippen LogP) is -0.772. The summed E-state index contributed by atoms with van der Waals surface area (Å²) in [7, 11) is -2.98. The summed E-state index contributed by atoms with van der Waals surface area (Å²) >= 11 is 0. The average molecular weight is 181 g/mol. The van der Waals surface area contributed by atoms with Crippen LogP contribution in [-0.4, -0.2) is 26.4 Å². The molecule has 11 heavy (non-hydrogen) atoms. The number of rotatable bonds is 4. The van der Waals surface area contributed by atoms with E-state index in [-0.39, 0.29) is 18.6 Å². The summed E-state index contributed by atoms with van der Waals surface area (Å²) in [5.41, 5.74) is 0. The maximum absolute atomic E-state index is 10.5. The van der Waals surface area contributed by atoms with Crippen LogP contribution in [0.5, 0.6) is 0 Å². The SMILES string of the molecule is CS(=O)(=O)CCCC(=O)ON. The largest absolute Gasteiger partial charge is 0.373 e. The van der Waals surface area contributed by atoms with Crippen molar-refractivity contribution in [1.29, 1.82) is 0 Å². The van der Waals surface area contributed by atoms with E-state index in [0.717, 1.165) is 6.26 Å². The Balaban J connectivity index is 3.51. The monoisotopic (exact) mass is 181 g/mol. The fourth-order valence-electron chi connectivity index (χ4n) is 0.538. The third-order valence-corrected chi connectivity index (χ3v) is 2.06. The minimum Gasteiger partial charge on any atom is -0.373 e. The molecule has 66 valence electrons. The first-order chi connectivity index (χ1) is 4.95. The van der Waals surface area contributed by atoms with Crippen LogP contribution in [0.2, 0.25) is 0 Å². The van der Waals surface area contributed by atoms with Crippen molar-refractivity contribution in [3.05, 3.63) is 0 Å². The van der Waals surface area contributed by atoms with Crippen molar-refractivity contribution in [2.24, 2.45) is 5.90 Å². The standard InChI is InChI=1S/C5H11NO4S/c1-11(8,9)4-2-3-5(7)10-6/h2-4,6H2,1H3. The van der Waals surface area contributed by atoms with Gasteiger partial charge in [0.15, 0.2) is 0 Å². The fraction of sp³-hybridized carbons (Fsp3) is 0.800. The van der Waals surface area contributed by atoms with Gasteiger partial charge in [0.1, 0.15) is 9.84 Å². The second kappa shape index (κ2) is 4.30. The van der Waals surface area contributed by atoms with Gasteiger partial charge in [-0.05, 0) is 6.42 Å². The van der Waals surface area contributed by atoms with Crippen LogP contribution in [0.1, 0.15) is 12.8 Å². The van der Waals surface area contributed by atoms with Gasteiger partial charge in [-0.15, -0.1) is 0 Å². The maximum atomic E-state index is 10.5. The zero-order valence-corrected chi connectivity index (χ0v) is 7.06. The highest BCUT2D eigenvalue weighted by Crippen LogP contribution is 1.94. The Hall–Kier alpha value is -0.620. The molecule has 0 aliphatic heterocycles. The molecule has 0 atom stereocenters. The van der Waals surface area contributed by atoms with E-state index in [1.807, 2.05) is 0 Å². The molecule has 0 saturated heterocycles. The third kappa shape index (κ3) is 7.27. The van der Waals surface area contributed by atoms with Crippen LogP contribution in [0.4, 0.5) is 0 Å². The Morgan fingerprint density at radius 2 is 2.09 bits per heavy atom. The van der Waals surface area contributed by atoms with Crippen LogP contribution < -0.4 is 5.90 Å². The van der Waals surface area contributed by atoms with Gasteiger partial charge in [-0.2, -0.15) is 5.90 Å². The minimum absolute atomic E-state index is 0.0118. The number of hydrogen-bond acceptors (Lipinski definition) is 5. The zero-order valence-electron chi connectivity index (χ0n) is 6.24. The molecule has 0 aromatic carbocycles. The van der Waals surface area contributed by atoms with E-state index in [1.54, 1.807) is 0 Å². The molecule has 0 radical (unpaired) electrons. The van der Waals surface area contributed by atoms with E-state index in [4.69, 9.17) is 0 Å². The molecule has 0 amide bonds. The van der Waals surface area contributed by atoms with Gasteiger partial charge < -0.3 is 4.84 Å². The molecule has 0 heterocycles. The highest BCUT2D eigenvalue weighted by atomic mass is 32.2. The Labute approximate surface area is 65.4 Å². The number of carbonyl (C=O) groups excluding carboxylic acids is 1. The fourth-order valence-corrected chi connectivity index (χ4v) is 1.21. The van der Waals surface area contributed by atoms with Gasteiger partial charge in [0.05, 0.1) is 5.75 Å². The molecule has 0 spiro atoms. The Kier molecular flexibility index (Phi) is 4.06. The lowest BCUT2D eigenvalue weighted by Gasteiger charge is -1.96. The van der Waals surface area contributed by atoms with Gasteiger partial charge in [0.25, 0.3) is 0 Å². The average Bonchev–Trinajstić information content (AvgIpc) is 1.85. The molecular weight excluding hydrogens is 170 g/mol. The topological polar surface area (TPSA) is 86.5 Å². The van der Waals surface area contributed by atoms with Crippen LogP contribution >= 0.6 is 0 Å².